The van der Waals surface area contributed by atoms with E-state index in [2.05, 4.69) is 32.1 Å². The molecule has 80 valence electrons. The third-order valence-corrected chi connectivity index (χ3v) is 3.35. The molecule has 0 aliphatic heterocycles. The lowest BCUT2D eigenvalue weighted by Crippen LogP contribution is -2.33. The Labute approximate surface area is 87.2 Å². The van der Waals surface area contributed by atoms with Crippen LogP contribution in [0.3, 0.4) is 0 Å². The van der Waals surface area contributed by atoms with Crippen molar-refractivity contribution in [2.75, 3.05) is 32.1 Å². The highest BCUT2D eigenvalue weighted by Crippen LogP contribution is 2.06. The first-order chi connectivity index (χ1) is 6.11. The zero-order chi connectivity index (χ0) is 10.3. The molecule has 0 aliphatic carbocycles. The van der Waals surface area contributed by atoms with Crippen LogP contribution in [-0.2, 0) is 0 Å². The molecule has 0 aromatic carbocycles. The molecule has 2 atom stereocenters. The van der Waals surface area contributed by atoms with Crippen LogP contribution < -0.4 is 5.73 Å². The van der Waals surface area contributed by atoms with Gasteiger partial charge in [0.2, 0.25) is 0 Å². The van der Waals surface area contributed by atoms with Crippen molar-refractivity contribution in [2.45, 2.75) is 26.3 Å². The van der Waals surface area contributed by atoms with Gasteiger partial charge in [-0.25, -0.2) is 0 Å². The average Bonchev–Trinajstić information content (AvgIpc) is 2.13. The molecule has 0 saturated carbocycles. The lowest BCUT2D eigenvalue weighted by molar-refractivity contribution is 0.259. The van der Waals surface area contributed by atoms with Crippen molar-refractivity contribution in [3.05, 3.63) is 0 Å². The molecule has 0 heterocycles. The molecule has 2 nitrogen and oxygen atoms in total. The summed E-state index contributed by atoms with van der Waals surface area (Å²) in [4.78, 5) is 2.42. The normalized spacial score (nSPS) is 16.2. The Balaban J connectivity index is 3.54. The Morgan fingerprint density at radius 1 is 1.38 bits per heavy atom. The Morgan fingerprint density at radius 2 is 2.00 bits per heavy atom. The predicted molar refractivity (Wildman–Crippen MR) is 63.3 cm³/mol. The first kappa shape index (κ1) is 13.3. The maximum Gasteiger partial charge on any atom is 0.0154 e. The number of nitrogens with two attached hydrogens (primary N) is 1. The molecular weight excluding hydrogens is 180 g/mol. The Kier molecular flexibility index (Phi) is 7.81. The number of nitrogens with zero attached hydrogens (tertiary/aromatic N) is 1. The van der Waals surface area contributed by atoms with Crippen LogP contribution in [0.4, 0.5) is 0 Å². The summed E-state index contributed by atoms with van der Waals surface area (Å²) >= 11 is 1.91. The van der Waals surface area contributed by atoms with Crippen LogP contribution in [0.1, 0.15) is 20.3 Å². The minimum absolute atomic E-state index is 0.656. The second kappa shape index (κ2) is 7.65. The number of hydrogen-bond acceptors (Lipinski definition) is 3. The van der Waals surface area contributed by atoms with Crippen molar-refractivity contribution in [2.24, 2.45) is 11.7 Å². The smallest absolute Gasteiger partial charge is 0.0154 e. The van der Waals surface area contributed by atoms with Crippen molar-refractivity contribution in [3.8, 4) is 0 Å². The third-order valence-electron chi connectivity index (χ3n) is 2.54. The molecule has 0 aromatic heterocycles. The van der Waals surface area contributed by atoms with Gasteiger partial charge >= 0.3 is 0 Å². The van der Waals surface area contributed by atoms with Gasteiger partial charge in [0, 0.05) is 11.8 Å². The van der Waals surface area contributed by atoms with Crippen LogP contribution in [0.5, 0.6) is 0 Å². The first-order valence-electron chi connectivity index (χ1n) is 5.01. The Morgan fingerprint density at radius 3 is 2.46 bits per heavy atom. The van der Waals surface area contributed by atoms with Gasteiger partial charge in [0.1, 0.15) is 0 Å². The second-order valence-electron chi connectivity index (χ2n) is 3.91. The molecule has 0 spiro atoms. The summed E-state index contributed by atoms with van der Waals surface area (Å²) in [5.41, 5.74) is 5.57. The van der Waals surface area contributed by atoms with E-state index in [0.29, 0.717) is 12.0 Å². The summed E-state index contributed by atoms with van der Waals surface area (Å²) in [7, 11) is 2.20. The fourth-order valence-corrected chi connectivity index (χ4v) is 1.87. The van der Waals surface area contributed by atoms with Gasteiger partial charge in [0.05, 0.1) is 0 Å². The SMILES string of the molecule is CSCC(C)N(C)CCC(C)CN. The van der Waals surface area contributed by atoms with Gasteiger partial charge < -0.3 is 10.6 Å². The molecule has 0 aromatic rings. The van der Waals surface area contributed by atoms with Crippen molar-refractivity contribution >= 4 is 11.8 Å². The van der Waals surface area contributed by atoms with Crippen molar-refractivity contribution in [1.82, 2.24) is 4.90 Å². The summed E-state index contributed by atoms with van der Waals surface area (Å²) in [6.45, 7) is 6.47. The molecule has 0 radical (unpaired) electrons. The molecular formula is C10H24N2S. The van der Waals surface area contributed by atoms with Gasteiger partial charge in [-0.1, -0.05) is 6.92 Å². The highest BCUT2D eigenvalue weighted by molar-refractivity contribution is 7.98. The minimum Gasteiger partial charge on any atom is -0.330 e. The molecule has 0 amide bonds. The first-order valence-corrected chi connectivity index (χ1v) is 6.40. The molecule has 0 saturated heterocycles. The van der Waals surface area contributed by atoms with E-state index in [1.54, 1.807) is 0 Å². The fraction of sp³-hybridized carbons (Fsp3) is 1.00. The van der Waals surface area contributed by atoms with E-state index >= 15 is 0 Å². The van der Waals surface area contributed by atoms with Crippen molar-refractivity contribution < 1.29 is 0 Å². The lowest BCUT2D eigenvalue weighted by atomic mass is 10.1. The summed E-state index contributed by atoms with van der Waals surface area (Å²) in [6.07, 6.45) is 3.37. The standard InChI is InChI=1S/C10H24N2S/c1-9(7-11)5-6-12(3)10(2)8-13-4/h9-10H,5-8,11H2,1-4H3. The molecule has 2 N–H and O–H groups in total. The van der Waals surface area contributed by atoms with E-state index in [0.717, 1.165) is 6.54 Å². The van der Waals surface area contributed by atoms with E-state index < -0.39 is 0 Å². The predicted octanol–water partition coefficient (Wildman–Crippen LogP) is 1.65. The second-order valence-corrected chi connectivity index (χ2v) is 4.83. The van der Waals surface area contributed by atoms with Crippen LogP contribution in [0.25, 0.3) is 0 Å². The largest absolute Gasteiger partial charge is 0.330 e. The van der Waals surface area contributed by atoms with Gasteiger partial charge in [-0.2, -0.15) is 11.8 Å². The molecule has 0 bridgehead atoms. The molecule has 0 fully saturated rings. The highest BCUT2D eigenvalue weighted by atomic mass is 32.2. The van der Waals surface area contributed by atoms with Gasteiger partial charge in [-0.3, -0.25) is 0 Å². The van der Waals surface area contributed by atoms with E-state index in [1.165, 1.54) is 18.7 Å². The van der Waals surface area contributed by atoms with Crippen LogP contribution in [0.15, 0.2) is 0 Å². The molecule has 3 heteroatoms. The fourth-order valence-electron chi connectivity index (χ4n) is 1.13. The Hall–Kier alpha value is 0.270. The molecule has 2 unspecified atom stereocenters. The van der Waals surface area contributed by atoms with Crippen LogP contribution in [0, 0.1) is 5.92 Å². The number of rotatable bonds is 7. The highest BCUT2D eigenvalue weighted by Gasteiger charge is 2.09. The van der Waals surface area contributed by atoms with Crippen LogP contribution in [0.2, 0.25) is 0 Å². The Bertz CT molecular complexity index is 119. The van der Waals surface area contributed by atoms with Gasteiger partial charge in [0.15, 0.2) is 0 Å². The van der Waals surface area contributed by atoms with Gasteiger partial charge in [0.25, 0.3) is 0 Å². The molecule has 0 rings (SSSR count). The number of thioether (sulfide) groups is 1. The summed E-state index contributed by atoms with van der Waals surface area (Å²) in [5.74, 6) is 1.87. The van der Waals surface area contributed by atoms with Crippen molar-refractivity contribution in [1.29, 1.82) is 0 Å². The molecule has 0 aliphatic rings. The van der Waals surface area contributed by atoms with E-state index in [9.17, 15) is 0 Å². The van der Waals surface area contributed by atoms with Crippen molar-refractivity contribution in [3.63, 3.8) is 0 Å². The topological polar surface area (TPSA) is 29.3 Å². The van der Waals surface area contributed by atoms with E-state index in [-0.39, 0.29) is 0 Å². The monoisotopic (exact) mass is 204 g/mol. The average molecular weight is 204 g/mol. The third kappa shape index (κ3) is 6.36. The zero-order valence-corrected chi connectivity index (χ0v) is 10.2. The lowest BCUT2D eigenvalue weighted by Gasteiger charge is -2.25. The zero-order valence-electron chi connectivity index (χ0n) is 9.42. The molecule has 13 heavy (non-hydrogen) atoms. The minimum atomic E-state index is 0.656. The summed E-state index contributed by atoms with van der Waals surface area (Å²) in [5, 5.41) is 0. The van der Waals surface area contributed by atoms with E-state index in [1.807, 2.05) is 11.8 Å². The van der Waals surface area contributed by atoms with Crippen LogP contribution >= 0.6 is 11.8 Å². The maximum absolute atomic E-state index is 5.57. The van der Waals surface area contributed by atoms with Crippen LogP contribution in [-0.4, -0.2) is 43.1 Å². The summed E-state index contributed by atoms with van der Waals surface area (Å²) in [6, 6.07) is 0.681. The van der Waals surface area contributed by atoms with Gasteiger partial charge in [-0.05, 0) is 45.7 Å². The van der Waals surface area contributed by atoms with Gasteiger partial charge in [-0.15, -0.1) is 0 Å². The quantitative estimate of drug-likeness (QED) is 0.684. The maximum atomic E-state index is 5.57. The summed E-state index contributed by atoms with van der Waals surface area (Å²) < 4.78 is 0. The van der Waals surface area contributed by atoms with E-state index in [4.69, 9.17) is 5.73 Å². The number of hydrogen-bond donors (Lipinski definition) is 1.